The summed E-state index contributed by atoms with van der Waals surface area (Å²) < 4.78 is 0. The summed E-state index contributed by atoms with van der Waals surface area (Å²) in [5, 5.41) is 3.27. The minimum atomic E-state index is 0.577. The minimum Gasteiger partial charge on any atom is -0.352 e. The number of anilines is 1. The number of rotatable bonds is 3. The molecule has 1 aromatic rings. The van der Waals surface area contributed by atoms with E-state index in [4.69, 9.17) is 0 Å². The predicted molar refractivity (Wildman–Crippen MR) is 65.7 cm³/mol. The van der Waals surface area contributed by atoms with Gasteiger partial charge in [-0.05, 0) is 39.3 Å². The molecule has 0 radical (unpaired) electrons. The van der Waals surface area contributed by atoms with Crippen LogP contribution in [0.5, 0.6) is 0 Å². The van der Waals surface area contributed by atoms with E-state index >= 15 is 0 Å². The lowest BCUT2D eigenvalue weighted by atomic mass is 10.0. The first kappa shape index (κ1) is 11.3. The lowest BCUT2D eigenvalue weighted by Crippen LogP contribution is -2.45. The summed E-state index contributed by atoms with van der Waals surface area (Å²) in [6, 6.07) is 2.59. The largest absolute Gasteiger partial charge is 0.352 e. The molecule has 0 aromatic carbocycles. The number of hydrogen-bond acceptors (Lipinski definition) is 4. The van der Waals surface area contributed by atoms with Crippen LogP contribution < -0.4 is 10.2 Å². The van der Waals surface area contributed by atoms with Crippen LogP contribution in [0.3, 0.4) is 0 Å². The fraction of sp³-hybridized carbons (Fsp3) is 0.667. The van der Waals surface area contributed by atoms with Crippen LogP contribution in [-0.4, -0.2) is 36.1 Å². The third kappa shape index (κ3) is 2.50. The number of nitrogens with zero attached hydrogens (tertiary/aromatic N) is 3. The first-order valence-corrected chi connectivity index (χ1v) is 6.02. The van der Waals surface area contributed by atoms with Crippen LogP contribution in [0.25, 0.3) is 0 Å². The molecule has 0 amide bonds. The standard InChI is InChI=1S/C12H20N4/c1-10-14-7-6-12(15-10)16-8-4-3-5-11(16)9-13-2/h6-7,11,13H,3-5,8-9H2,1-2H3. The third-order valence-electron chi connectivity index (χ3n) is 3.12. The fourth-order valence-corrected chi connectivity index (χ4v) is 2.35. The molecule has 1 aliphatic heterocycles. The molecule has 1 aliphatic rings. The van der Waals surface area contributed by atoms with Gasteiger partial charge in [-0.15, -0.1) is 0 Å². The van der Waals surface area contributed by atoms with E-state index in [2.05, 4.69) is 20.2 Å². The molecule has 1 fully saturated rings. The van der Waals surface area contributed by atoms with Gasteiger partial charge in [0, 0.05) is 25.3 Å². The molecular weight excluding hydrogens is 200 g/mol. The maximum atomic E-state index is 4.52. The molecule has 88 valence electrons. The Hall–Kier alpha value is -1.16. The first-order chi connectivity index (χ1) is 7.81. The lowest BCUT2D eigenvalue weighted by molar-refractivity contribution is 0.443. The Labute approximate surface area is 97.1 Å². The molecule has 1 aromatic heterocycles. The second-order valence-electron chi connectivity index (χ2n) is 4.36. The topological polar surface area (TPSA) is 41.0 Å². The molecular formula is C12H20N4. The molecule has 1 unspecified atom stereocenters. The molecule has 16 heavy (non-hydrogen) atoms. The summed E-state index contributed by atoms with van der Waals surface area (Å²) in [7, 11) is 2.01. The highest BCUT2D eigenvalue weighted by molar-refractivity contribution is 5.39. The van der Waals surface area contributed by atoms with Crippen LogP contribution in [0.2, 0.25) is 0 Å². The van der Waals surface area contributed by atoms with Gasteiger partial charge in [0.05, 0.1) is 0 Å². The zero-order valence-electron chi connectivity index (χ0n) is 10.1. The van der Waals surface area contributed by atoms with Crippen molar-refractivity contribution < 1.29 is 0 Å². The van der Waals surface area contributed by atoms with E-state index in [9.17, 15) is 0 Å². The number of nitrogens with one attached hydrogen (secondary N) is 1. The highest BCUT2D eigenvalue weighted by Gasteiger charge is 2.22. The molecule has 0 spiro atoms. The van der Waals surface area contributed by atoms with Crippen molar-refractivity contribution in [1.82, 2.24) is 15.3 Å². The minimum absolute atomic E-state index is 0.577. The molecule has 1 atom stereocenters. The lowest BCUT2D eigenvalue weighted by Gasteiger charge is -2.36. The Balaban J connectivity index is 2.16. The van der Waals surface area contributed by atoms with Crippen molar-refractivity contribution in [1.29, 1.82) is 0 Å². The average Bonchev–Trinajstić information content (AvgIpc) is 2.30. The quantitative estimate of drug-likeness (QED) is 0.835. The van der Waals surface area contributed by atoms with Gasteiger partial charge in [0.1, 0.15) is 11.6 Å². The van der Waals surface area contributed by atoms with Crippen molar-refractivity contribution in [2.45, 2.75) is 32.2 Å². The normalized spacial score (nSPS) is 21.1. The van der Waals surface area contributed by atoms with Gasteiger partial charge in [-0.1, -0.05) is 0 Å². The van der Waals surface area contributed by atoms with Gasteiger partial charge in [0.15, 0.2) is 0 Å². The third-order valence-corrected chi connectivity index (χ3v) is 3.12. The SMILES string of the molecule is CNCC1CCCCN1c1ccnc(C)n1. The van der Waals surface area contributed by atoms with Crippen LogP contribution in [-0.2, 0) is 0 Å². The maximum Gasteiger partial charge on any atom is 0.132 e. The molecule has 0 saturated carbocycles. The second-order valence-corrected chi connectivity index (χ2v) is 4.36. The van der Waals surface area contributed by atoms with Gasteiger partial charge in [-0.25, -0.2) is 9.97 Å². The number of aromatic nitrogens is 2. The fourth-order valence-electron chi connectivity index (χ4n) is 2.35. The Bertz CT molecular complexity index is 338. The predicted octanol–water partition coefficient (Wildman–Crippen LogP) is 1.36. The van der Waals surface area contributed by atoms with Crippen molar-refractivity contribution in [3.8, 4) is 0 Å². The molecule has 0 bridgehead atoms. The maximum absolute atomic E-state index is 4.52. The number of aryl methyl sites for hydroxylation is 1. The van der Waals surface area contributed by atoms with Gasteiger partial charge in [0.2, 0.25) is 0 Å². The van der Waals surface area contributed by atoms with Crippen LogP contribution in [0.1, 0.15) is 25.1 Å². The van der Waals surface area contributed by atoms with E-state index in [1.807, 2.05) is 26.2 Å². The number of piperidine rings is 1. The summed E-state index contributed by atoms with van der Waals surface area (Å²) in [6.07, 6.45) is 5.70. The van der Waals surface area contributed by atoms with Gasteiger partial charge >= 0.3 is 0 Å². The Morgan fingerprint density at radius 1 is 1.50 bits per heavy atom. The van der Waals surface area contributed by atoms with E-state index in [1.165, 1.54) is 19.3 Å². The van der Waals surface area contributed by atoms with E-state index in [0.717, 1.165) is 24.7 Å². The Morgan fingerprint density at radius 3 is 3.12 bits per heavy atom. The van der Waals surface area contributed by atoms with Crippen molar-refractivity contribution >= 4 is 5.82 Å². The number of hydrogen-bond donors (Lipinski definition) is 1. The van der Waals surface area contributed by atoms with Crippen molar-refractivity contribution in [3.05, 3.63) is 18.1 Å². The molecule has 1 saturated heterocycles. The van der Waals surface area contributed by atoms with Gasteiger partial charge in [-0.2, -0.15) is 0 Å². The van der Waals surface area contributed by atoms with Crippen LogP contribution in [0.4, 0.5) is 5.82 Å². The first-order valence-electron chi connectivity index (χ1n) is 6.02. The molecule has 2 heterocycles. The number of likely N-dealkylation sites (N-methyl/N-ethyl adjacent to an activating group) is 1. The zero-order valence-corrected chi connectivity index (χ0v) is 10.1. The van der Waals surface area contributed by atoms with Crippen molar-refractivity contribution in [2.75, 3.05) is 25.0 Å². The summed E-state index contributed by atoms with van der Waals surface area (Å²) in [6.45, 7) is 4.09. The van der Waals surface area contributed by atoms with Gasteiger partial charge in [-0.3, -0.25) is 0 Å². The van der Waals surface area contributed by atoms with Crippen molar-refractivity contribution in [2.24, 2.45) is 0 Å². The summed E-state index contributed by atoms with van der Waals surface area (Å²) in [4.78, 5) is 11.1. The summed E-state index contributed by atoms with van der Waals surface area (Å²) in [5.74, 6) is 1.93. The van der Waals surface area contributed by atoms with Crippen LogP contribution >= 0.6 is 0 Å². The molecule has 4 nitrogen and oxygen atoms in total. The monoisotopic (exact) mass is 220 g/mol. The van der Waals surface area contributed by atoms with E-state index in [-0.39, 0.29) is 0 Å². The smallest absolute Gasteiger partial charge is 0.132 e. The second kappa shape index (κ2) is 5.25. The molecule has 1 N–H and O–H groups in total. The average molecular weight is 220 g/mol. The van der Waals surface area contributed by atoms with Gasteiger partial charge in [0.25, 0.3) is 0 Å². The zero-order chi connectivity index (χ0) is 11.4. The Morgan fingerprint density at radius 2 is 2.38 bits per heavy atom. The van der Waals surface area contributed by atoms with Gasteiger partial charge < -0.3 is 10.2 Å². The van der Waals surface area contributed by atoms with Crippen molar-refractivity contribution in [3.63, 3.8) is 0 Å². The summed E-state index contributed by atoms with van der Waals surface area (Å²) in [5.41, 5.74) is 0. The van der Waals surface area contributed by atoms with E-state index < -0.39 is 0 Å². The Kier molecular flexibility index (Phi) is 3.72. The highest BCUT2D eigenvalue weighted by Crippen LogP contribution is 2.22. The molecule has 0 aliphatic carbocycles. The van der Waals surface area contributed by atoms with Crippen LogP contribution in [0.15, 0.2) is 12.3 Å². The molecule has 2 rings (SSSR count). The van der Waals surface area contributed by atoms with Crippen LogP contribution in [0, 0.1) is 6.92 Å². The highest BCUT2D eigenvalue weighted by atomic mass is 15.2. The summed E-state index contributed by atoms with van der Waals surface area (Å²) >= 11 is 0. The van der Waals surface area contributed by atoms with E-state index in [0.29, 0.717) is 6.04 Å². The van der Waals surface area contributed by atoms with E-state index in [1.54, 1.807) is 0 Å². The molecule has 4 heteroatoms.